The van der Waals surface area contributed by atoms with E-state index in [-0.39, 0.29) is 5.41 Å². The molecule has 0 saturated heterocycles. The lowest BCUT2D eigenvalue weighted by molar-refractivity contribution is 0.465. The van der Waals surface area contributed by atoms with E-state index < -0.39 is 0 Å². The summed E-state index contributed by atoms with van der Waals surface area (Å²) in [6.07, 6.45) is 1.16. The summed E-state index contributed by atoms with van der Waals surface area (Å²) in [5.74, 6) is 0.989. The summed E-state index contributed by atoms with van der Waals surface area (Å²) in [6, 6.07) is 0.467. The highest BCUT2D eigenvalue weighted by Gasteiger charge is 2.49. The number of hydrogen-bond acceptors (Lipinski definition) is 2. The fourth-order valence-corrected chi connectivity index (χ4v) is 2.18. The zero-order valence-corrected chi connectivity index (χ0v) is 10.8. The molecule has 0 N–H and O–H groups in total. The van der Waals surface area contributed by atoms with E-state index in [1.807, 2.05) is 0 Å². The molecule has 4 heteroatoms. The van der Waals surface area contributed by atoms with Crippen molar-refractivity contribution in [3.05, 3.63) is 11.1 Å². The Morgan fingerprint density at radius 1 is 1.33 bits per heavy atom. The van der Waals surface area contributed by atoms with Gasteiger partial charge in [-0.3, -0.25) is 4.57 Å². The Kier molecular flexibility index (Phi) is 2.16. The molecule has 15 heavy (non-hydrogen) atoms. The fraction of sp³-hybridized carbons (Fsp3) is 0.818. The molecule has 0 aliphatic heterocycles. The quantitative estimate of drug-likeness (QED) is 0.738. The Morgan fingerprint density at radius 3 is 2.27 bits per heavy atom. The first kappa shape index (κ1) is 10.9. The van der Waals surface area contributed by atoms with Crippen molar-refractivity contribution in [1.82, 2.24) is 14.8 Å². The zero-order chi connectivity index (χ0) is 11.4. The normalized spacial score (nSPS) is 24.3. The van der Waals surface area contributed by atoms with Crippen molar-refractivity contribution in [3.8, 4) is 0 Å². The van der Waals surface area contributed by atoms with Crippen LogP contribution in [0.4, 0.5) is 0 Å². The zero-order valence-electron chi connectivity index (χ0n) is 10.0. The lowest BCUT2D eigenvalue weighted by Gasteiger charge is -2.19. The summed E-state index contributed by atoms with van der Waals surface area (Å²) in [6.45, 7) is 10.9. The third-order valence-corrected chi connectivity index (χ3v) is 3.36. The number of halogens is 1. The first-order chi connectivity index (χ1) is 6.73. The van der Waals surface area contributed by atoms with Gasteiger partial charge in [0.25, 0.3) is 0 Å². The van der Waals surface area contributed by atoms with Crippen LogP contribution in [0.2, 0.25) is 5.28 Å². The highest BCUT2D eigenvalue weighted by atomic mass is 35.5. The van der Waals surface area contributed by atoms with Gasteiger partial charge in [-0.1, -0.05) is 34.6 Å². The Balaban J connectivity index is 2.43. The van der Waals surface area contributed by atoms with Crippen LogP contribution in [0.1, 0.15) is 52.9 Å². The minimum atomic E-state index is -0.00118. The van der Waals surface area contributed by atoms with E-state index in [1.165, 1.54) is 0 Å². The van der Waals surface area contributed by atoms with E-state index >= 15 is 0 Å². The van der Waals surface area contributed by atoms with E-state index in [0.717, 1.165) is 12.2 Å². The van der Waals surface area contributed by atoms with Gasteiger partial charge in [-0.05, 0) is 23.4 Å². The Morgan fingerprint density at radius 2 is 1.87 bits per heavy atom. The highest BCUT2D eigenvalue weighted by Crippen LogP contribution is 2.57. The second-order valence-corrected chi connectivity index (χ2v) is 6.46. The topological polar surface area (TPSA) is 30.7 Å². The minimum absolute atomic E-state index is 0.00118. The minimum Gasteiger partial charge on any atom is -0.298 e. The lowest BCUT2D eigenvalue weighted by Crippen LogP contribution is -2.19. The maximum Gasteiger partial charge on any atom is 0.225 e. The van der Waals surface area contributed by atoms with Crippen molar-refractivity contribution in [3.63, 3.8) is 0 Å². The molecule has 1 saturated carbocycles. The van der Waals surface area contributed by atoms with Gasteiger partial charge in [-0.25, -0.2) is 0 Å². The molecule has 1 heterocycles. The molecule has 0 bridgehead atoms. The van der Waals surface area contributed by atoms with Crippen LogP contribution in [0.5, 0.6) is 0 Å². The first-order valence-corrected chi connectivity index (χ1v) is 5.72. The predicted molar refractivity (Wildman–Crippen MR) is 61.2 cm³/mol. The number of hydrogen-bond donors (Lipinski definition) is 0. The maximum atomic E-state index is 6.10. The summed E-state index contributed by atoms with van der Waals surface area (Å²) < 4.78 is 2.10. The summed E-state index contributed by atoms with van der Waals surface area (Å²) in [4.78, 5) is 0. The van der Waals surface area contributed by atoms with Crippen LogP contribution in [0.3, 0.4) is 0 Å². The summed E-state index contributed by atoms with van der Waals surface area (Å²) >= 11 is 6.10. The highest BCUT2D eigenvalue weighted by molar-refractivity contribution is 6.28. The molecule has 1 atom stereocenters. The van der Waals surface area contributed by atoms with E-state index in [0.29, 0.717) is 16.7 Å². The molecule has 0 spiro atoms. The third kappa shape index (κ3) is 1.78. The Hall–Kier alpha value is -0.570. The van der Waals surface area contributed by atoms with Crippen LogP contribution in [0, 0.1) is 5.41 Å². The Labute approximate surface area is 95.8 Å². The van der Waals surface area contributed by atoms with Gasteiger partial charge in [0, 0.05) is 11.5 Å². The second kappa shape index (κ2) is 2.97. The molecule has 1 fully saturated rings. The first-order valence-electron chi connectivity index (χ1n) is 5.34. The Bertz CT molecular complexity index is 387. The summed E-state index contributed by atoms with van der Waals surface area (Å²) in [7, 11) is 0. The van der Waals surface area contributed by atoms with Crippen molar-refractivity contribution in [1.29, 1.82) is 0 Å². The average Bonchev–Trinajstić information content (AvgIpc) is 2.52. The van der Waals surface area contributed by atoms with Crippen molar-refractivity contribution in [2.45, 2.75) is 52.5 Å². The van der Waals surface area contributed by atoms with Gasteiger partial charge in [0.15, 0.2) is 0 Å². The second-order valence-electron chi connectivity index (χ2n) is 6.12. The molecule has 0 radical (unpaired) electrons. The number of nitrogens with zero attached hydrogens (tertiary/aromatic N) is 3. The number of aromatic nitrogens is 3. The van der Waals surface area contributed by atoms with Gasteiger partial charge in [-0.15, -0.1) is 10.2 Å². The largest absolute Gasteiger partial charge is 0.298 e. The van der Waals surface area contributed by atoms with Crippen molar-refractivity contribution in [2.75, 3.05) is 0 Å². The summed E-state index contributed by atoms with van der Waals surface area (Å²) in [5, 5.41) is 8.71. The SMILES string of the molecule is CC(C)(C)c1nnc(Cl)n1C1CC1(C)C. The van der Waals surface area contributed by atoms with Gasteiger partial charge >= 0.3 is 0 Å². The maximum absolute atomic E-state index is 6.10. The molecular formula is C11H18ClN3. The third-order valence-electron chi connectivity index (χ3n) is 3.10. The van der Waals surface area contributed by atoms with Crippen molar-refractivity contribution < 1.29 is 0 Å². The van der Waals surface area contributed by atoms with Crippen LogP contribution in [0.25, 0.3) is 0 Å². The standard InChI is InChI=1S/C11H18ClN3/c1-10(2,3)8-13-14-9(12)15(8)7-6-11(7,4)5/h7H,6H2,1-5H3. The van der Waals surface area contributed by atoms with E-state index in [9.17, 15) is 0 Å². The number of rotatable bonds is 1. The molecule has 0 aromatic carbocycles. The molecular weight excluding hydrogens is 210 g/mol. The predicted octanol–water partition coefficient (Wildman–Crippen LogP) is 3.20. The van der Waals surface area contributed by atoms with Gasteiger partial charge in [0.1, 0.15) is 5.82 Å². The molecule has 3 nitrogen and oxygen atoms in total. The molecule has 1 aromatic rings. The van der Waals surface area contributed by atoms with Gasteiger partial charge in [0.05, 0.1) is 0 Å². The van der Waals surface area contributed by atoms with Gasteiger partial charge in [0.2, 0.25) is 5.28 Å². The molecule has 84 valence electrons. The summed E-state index contributed by atoms with van der Waals surface area (Å²) in [5.41, 5.74) is 0.338. The molecule has 1 unspecified atom stereocenters. The van der Waals surface area contributed by atoms with Crippen LogP contribution >= 0.6 is 11.6 Å². The lowest BCUT2D eigenvalue weighted by atomic mass is 9.95. The van der Waals surface area contributed by atoms with E-state index in [4.69, 9.17) is 11.6 Å². The molecule has 0 amide bonds. The van der Waals surface area contributed by atoms with E-state index in [2.05, 4.69) is 49.4 Å². The smallest absolute Gasteiger partial charge is 0.225 e. The van der Waals surface area contributed by atoms with Crippen molar-refractivity contribution in [2.24, 2.45) is 5.41 Å². The van der Waals surface area contributed by atoms with Crippen LogP contribution in [0.15, 0.2) is 0 Å². The van der Waals surface area contributed by atoms with Crippen LogP contribution in [-0.2, 0) is 5.41 Å². The molecule has 2 rings (SSSR count). The van der Waals surface area contributed by atoms with Gasteiger partial charge in [-0.2, -0.15) is 0 Å². The average molecular weight is 228 g/mol. The van der Waals surface area contributed by atoms with Crippen LogP contribution in [-0.4, -0.2) is 14.8 Å². The van der Waals surface area contributed by atoms with Crippen LogP contribution < -0.4 is 0 Å². The molecule has 1 aliphatic rings. The molecule has 1 aromatic heterocycles. The van der Waals surface area contributed by atoms with Gasteiger partial charge < -0.3 is 0 Å². The monoisotopic (exact) mass is 227 g/mol. The molecule has 1 aliphatic carbocycles. The van der Waals surface area contributed by atoms with Crippen molar-refractivity contribution >= 4 is 11.6 Å². The van der Waals surface area contributed by atoms with E-state index in [1.54, 1.807) is 0 Å². The fourth-order valence-electron chi connectivity index (χ4n) is 1.94.